The Morgan fingerprint density at radius 3 is 2.95 bits per heavy atom. The summed E-state index contributed by atoms with van der Waals surface area (Å²) >= 11 is 1.58. The van der Waals surface area contributed by atoms with Crippen LogP contribution in [-0.2, 0) is 12.2 Å². The first-order chi connectivity index (χ1) is 10.2. The molecule has 0 aliphatic rings. The number of aromatic nitrogens is 4. The summed E-state index contributed by atoms with van der Waals surface area (Å²) in [5, 5.41) is 15.3. The number of rotatable bonds is 5. The number of nitrogens with zero attached hydrogens (tertiary/aromatic N) is 4. The van der Waals surface area contributed by atoms with Gasteiger partial charge >= 0.3 is 0 Å². The third-order valence-corrected chi connectivity index (χ3v) is 3.95. The van der Waals surface area contributed by atoms with E-state index in [-0.39, 0.29) is 0 Å². The predicted octanol–water partition coefficient (Wildman–Crippen LogP) is 3.50. The van der Waals surface area contributed by atoms with Crippen LogP contribution in [0.25, 0.3) is 10.8 Å². The highest BCUT2D eigenvalue weighted by molar-refractivity contribution is 7.98. The number of thioether (sulfide) groups is 1. The molecule has 3 aromatic rings. The van der Waals surface area contributed by atoms with Crippen LogP contribution in [0.1, 0.15) is 25.6 Å². The van der Waals surface area contributed by atoms with Crippen molar-refractivity contribution in [2.75, 3.05) is 0 Å². The molecule has 0 N–H and O–H groups in total. The second-order valence-electron chi connectivity index (χ2n) is 5.23. The van der Waals surface area contributed by atoms with Crippen LogP contribution in [0.2, 0.25) is 0 Å². The van der Waals surface area contributed by atoms with Gasteiger partial charge < -0.3 is 4.52 Å². The maximum absolute atomic E-state index is 5.24. The minimum Gasteiger partial charge on any atom is -0.339 e. The lowest BCUT2D eigenvalue weighted by Crippen LogP contribution is -1.94. The van der Waals surface area contributed by atoms with E-state index in [9.17, 15) is 0 Å². The third-order valence-electron chi connectivity index (χ3n) is 2.97. The number of hydrogen-bond acceptors (Lipinski definition) is 6. The molecule has 0 saturated heterocycles. The Kier molecular flexibility index (Phi) is 4.15. The van der Waals surface area contributed by atoms with E-state index in [1.807, 2.05) is 24.3 Å². The van der Waals surface area contributed by atoms with Crippen LogP contribution >= 0.6 is 11.8 Å². The molecule has 0 saturated carbocycles. The maximum Gasteiger partial charge on any atom is 0.226 e. The normalized spacial score (nSPS) is 11.4. The van der Waals surface area contributed by atoms with Gasteiger partial charge in [0.15, 0.2) is 5.82 Å². The molecule has 0 spiro atoms. The standard InChI is InChI=1S/C15H16N4OS/c1-10(2)7-14-17-13(19-20-14)9-21-15-12-6-4-3-5-11(12)8-16-18-15/h3-6,8,10H,7,9H2,1-2H3. The van der Waals surface area contributed by atoms with Gasteiger partial charge in [-0.1, -0.05) is 55.0 Å². The number of hydrogen-bond donors (Lipinski definition) is 0. The Hall–Kier alpha value is -1.95. The van der Waals surface area contributed by atoms with Crippen molar-refractivity contribution in [1.29, 1.82) is 0 Å². The summed E-state index contributed by atoms with van der Waals surface area (Å²) in [4.78, 5) is 4.40. The molecule has 0 bridgehead atoms. The second-order valence-corrected chi connectivity index (χ2v) is 6.19. The molecule has 2 aromatic heterocycles. The van der Waals surface area contributed by atoms with E-state index in [4.69, 9.17) is 4.52 Å². The summed E-state index contributed by atoms with van der Waals surface area (Å²) < 4.78 is 5.24. The van der Waals surface area contributed by atoms with Gasteiger partial charge in [-0.05, 0) is 5.92 Å². The van der Waals surface area contributed by atoms with Gasteiger partial charge in [0, 0.05) is 17.2 Å². The second kappa shape index (κ2) is 6.22. The first-order valence-electron chi connectivity index (χ1n) is 6.87. The average Bonchev–Trinajstić information content (AvgIpc) is 2.92. The summed E-state index contributed by atoms with van der Waals surface area (Å²) in [6.45, 7) is 4.26. The summed E-state index contributed by atoms with van der Waals surface area (Å²) in [6.07, 6.45) is 2.58. The lowest BCUT2D eigenvalue weighted by Gasteiger charge is -2.02. The fourth-order valence-electron chi connectivity index (χ4n) is 2.02. The van der Waals surface area contributed by atoms with Gasteiger partial charge in [-0.15, -0.1) is 5.10 Å². The fraction of sp³-hybridized carbons (Fsp3) is 0.333. The topological polar surface area (TPSA) is 64.7 Å². The minimum atomic E-state index is 0.509. The highest BCUT2D eigenvalue weighted by Crippen LogP contribution is 2.26. The van der Waals surface area contributed by atoms with Crippen molar-refractivity contribution in [3.05, 3.63) is 42.2 Å². The Morgan fingerprint density at radius 1 is 1.24 bits per heavy atom. The van der Waals surface area contributed by atoms with E-state index in [1.54, 1.807) is 18.0 Å². The van der Waals surface area contributed by atoms with E-state index >= 15 is 0 Å². The van der Waals surface area contributed by atoms with E-state index in [2.05, 4.69) is 34.2 Å². The SMILES string of the molecule is CC(C)Cc1nc(CSc2nncc3ccccc23)no1. The molecular weight excluding hydrogens is 284 g/mol. The molecule has 0 aliphatic heterocycles. The largest absolute Gasteiger partial charge is 0.339 e. The fourth-order valence-corrected chi connectivity index (χ4v) is 2.85. The van der Waals surface area contributed by atoms with Crippen molar-refractivity contribution in [2.24, 2.45) is 5.92 Å². The molecular formula is C15H16N4OS. The van der Waals surface area contributed by atoms with Crippen LogP contribution in [0.4, 0.5) is 0 Å². The van der Waals surface area contributed by atoms with Crippen LogP contribution in [-0.4, -0.2) is 20.3 Å². The summed E-state index contributed by atoms with van der Waals surface area (Å²) in [5.41, 5.74) is 0. The Balaban J connectivity index is 1.73. The monoisotopic (exact) mass is 300 g/mol. The molecule has 0 aliphatic carbocycles. The lowest BCUT2D eigenvalue weighted by molar-refractivity contribution is 0.360. The van der Waals surface area contributed by atoms with E-state index in [0.717, 1.165) is 22.2 Å². The summed E-state index contributed by atoms with van der Waals surface area (Å²) in [7, 11) is 0. The molecule has 0 unspecified atom stereocenters. The maximum atomic E-state index is 5.24. The molecule has 5 nitrogen and oxygen atoms in total. The molecule has 0 fully saturated rings. The van der Waals surface area contributed by atoms with Gasteiger partial charge in [-0.3, -0.25) is 0 Å². The van der Waals surface area contributed by atoms with Crippen LogP contribution < -0.4 is 0 Å². The average molecular weight is 300 g/mol. The Labute approximate surface area is 127 Å². The van der Waals surface area contributed by atoms with Gasteiger partial charge in [-0.2, -0.15) is 10.1 Å². The van der Waals surface area contributed by atoms with Gasteiger partial charge in [0.2, 0.25) is 5.89 Å². The quantitative estimate of drug-likeness (QED) is 0.672. The zero-order valence-electron chi connectivity index (χ0n) is 12.0. The van der Waals surface area contributed by atoms with Crippen LogP contribution in [0.5, 0.6) is 0 Å². The van der Waals surface area contributed by atoms with Crippen molar-refractivity contribution < 1.29 is 4.52 Å². The van der Waals surface area contributed by atoms with Gasteiger partial charge in [0.25, 0.3) is 0 Å². The van der Waals surface area contributed by atoms with Crippen LogP contribution in [0, 0.1) is 5.92 Å². The van der Waals surface area contributed by atoms with Crippen LogP contribution in [0.3, 0.4) is 0 Å². The van der Waals surface area contributed by atoms with Crippen molar-refractivity contribution >= 4 is 22.5 Å². The third kappa shape index (κ3) is 3.39. The Bertz CT molecular complexity index is 736. The van der Waals surface area contributed by atoms with Crippen LogP contribution in [0.15, 0.2) is 40.0 Å². The molecule has 6 heteroatoms. The molecule has 0 atom stereocenters. The molecule has 3 rings (SSSR count). The summed E-state index contributed by atoms with van der Waals surface area (Å²) in [6, 6.07) is 8.08. The van der Waals surface area contributed by atoms with Crippen molar-refractivity contribution in [2.45, 2.75) is 31.0 Å². The van der Waals surface area contributed by atoms with E-state index in [0.29, 0.717) is 23.4 Å². The number of fused-ring (bicyclic) bond motifs is 1. The van der Waals surface area contributed by atoms with Gasteiger partial charge in [-0.25, -0.2) is 0 Å². The zero-order valence-corrected chi connectivity index (χ0v) is 12.8. The van der Waals surface area contributed by atoms with Crippen molar-refractivity contribution in [1.82, 2.24) is 20.3 Å². The van der Waals surface area contributed by atoms with Gasteiger partial charge in [0.1, 0.15) is 5.03 Å². The smallest absolute Gasteiger partial charge is 0.226 e. The zero-order chi connectivity index (χ0) is 14.7. The molecule has 0 radical (unpaired) electrons. The first-order valence-corrected chi connectivity index (χ1v) is 7.85. The van der Waals surface area contributed by atoms with E-state index < -0.39 is 0 Å². The van der Waals surface area contributed by atoms with Gasteiger partial charge in [0.05, 0.1) is 11.9 Å². The highest BCUT2D eigenvalue weighted by Gasteiger charge is 2.10. The lowest BCUT2D eigenvalue weighted by atomic mass is 10.1. The molecule has 0 amide bonds. The molecule has 2 heterocycles. The first kappa shape index (κ1) is 14.0. The predicted molar refractivity (Wildman–Crippen MR) is 81.9 cm³/mol. The Morgan fingerprint density at radius 2 is 2.10 bits per heavy atom. The molecule has 21 heavy (non-hydrogen) atoms. The molecule has 108 valence electrons. The molecule has 1 aromatic carbocycles. The number of benzene rings is 1. The van der Waals surface area contributed by atoms with Crippen molar-refractivity contribution in [3.63, 3.8) is 0 Å². The highest BCUT2D eigenvalue weighted by atomic mass is 32.2. The minimum absolute atomic E-state index is 0.509. The van der Waals surface area contributed by atoms with E-state index in [1.165, 1.54) is 0 Å². The summed E-state index contributed by atoms with van der Waals surface area (Å²) in [5.74, 6) is 2.54. The van der Waals surface area contributed by atoms with Crippen molar-refractivity contribution in [3.8, 4) is 0 Å².